The fourth-order valence-electron chi connectivity index (χ4n) is 1.94. The molecule has 5 heteroatoms. The van der Waals surface area contributed by atoms with Crippen molar-refractivity contribution in [2.45, 2.75) is 46.0 Å². The molecule has 0 aliphatic rings. The quantitative estimate of drug-likeness (QED) is 0.606. The van der Waals surface area contributed by atoms with Gasteiger partial charge < -0.3 is 10.6 Å². The van der Waals surface area contributed by atoms with Crippen molar-refractivity contribution in [3.63, 3.8) is 0 Å². The van der Waals surface area contributed by atoms with E-state index in [0.29, 0.717) is 0 Å². The maximum atomic E-state index is 4.42. The van der Waals surface area contributed by atoms with Crippen LogP contribution in [0.1, 0.15) is 44.9 Å². The monoisotopic (exact) mass is 296 g/mol. The Morgan fingerprint density at radius 2 is 1.65 bits per heavy atom. The van der Waals surface area contributed by atoms with E-state index in [1.165, 1.54) is 31.4 Å². The third-order valence-corrected chi connectivity index (χ3v) is 3.67. The summed E-state index contributed by atoms with van der Waals surface area (Å²) in [5.74, 6) is 3.95. The number of nitrogens with zero attached hydrogens (tertiary/aromatic N) is 2. The van der Waals surface area contributed by atoms with Crippen LogP contribution in [0.15, 0.2) is 6.07 Å². The normalized spacial score (nSPS) is 10.6. The molecule has 0 atom stereocenters. The van der Waals surface area contributed by atoms with E-state index in [9.17, 15) is 0 Å². The van der Waals surface area contributed by atoms with Crippen LogP contribution < -0.4 is 10.6 Å². The molecule has 114 valence electrons. The lowest BCUT2D eigenvalue weighted by molar-refractivity contribution is 0.688. The minimum Gasteiger partial charge on any atom is -0.370 e. The van der Waals surface area contributed by atoms with E-state index in [1.807, 2.05) is 24.8 Å². The molecule has 0 unspecified atom stereocenters. The molecule has 0 amide bonds. The summed E-state index contributed by atoms with van der Waals surface area (Å²) in [4.78, 5) is 8.81. The van der Waals surface area contributed by atoms with Crippen molar-refractivity contribution in [3.05, 3.63) is 11.9 Å². The lowest BCUT2D eigenvalue weighted by atomic mass is 10.2. The van der Waals surface area contributed by atoms with Crippen LogP contribution in [0.25, 0.3) is 0 Å². The highest BCUT2D eigenvalue weighted by Gasteiger charge is 2.00. The highest BCUT2D eigenvalue weighted by molar-refractivity contribution is 7.98. The van der Waals surface area contributed by atoms with Gasteiger partial charge in [0.05, 0.1) is 0 Å². The van der Waals surface area contributed by atoms with E-state index in [-0.39, 0.29) is 0 Å². The third kappa shape index (κ3) is 7.58. The average molecular weight is 296 g/mol. The largest absolute Gasteiger partial charge is 0.370 e. The number of aryl methyl sites for hydroxylation is 1. The van der Waals surface area contributed by atoms with Crippen LogP contribution >= 0.6 is 11.8 Å². The first-order valence-corrected chi connectivity index (χ1v) is 8.98. The maximum Gasteiger partial charge on any atom is 0.131 e. The topological polar surface area (TPSA) is 49.8 Å². The molecule has 0 saturated heterocycles. The van der Waals surface area contributed by atoms with Gasteiger partial charge >= 0.3 is 0 Å². The number of thioether (sulfide) groups is 1. The zero-order chi connectivity index (χ0) is 14.6. The molecule has 20 heavy (non-hydrogen) atoms. The summed E-state index contributed by atoms with van der Waals surface area (Å²) in [6.07, 6.45) is 8.42. The Hall–Kier alpha value is -0.970. The van der Waals surface area contributed by atoms with E-state index < -0.39 is 0 Å². The van der Waals surface area contributed by atoms with Crippen LogP contribution in [0.4, 0.5) is 11.6 Å². The second-order valence-electron chi connectivity index (χ2n) is 4.95. The van der Waals surface area contributed by atoms with Gasteiger partial charge in [0.25, 0.3) is 0 Å². The first kappa shape index (κ1) is 17.1. The second kappa shape index (κ2) is 10.8. The summed E-state index contributed by atoms with van der Waals surface area (Å²) in [7, 11) is 0. The van der Waals surface area contributed by atoms with Crippen LogP contribution in [0, 0.1) is 6.92 Å². The second-order valence-corrected chi connectivity index (χ2v) is 5.93. The SMILES string of the molecule is CCCNc1cc(NCCCCCCSC)nc(C)n1. The first-order chi connectivity index (χ1) is 9.76. The predicted octanol–water partition coefficient (Wildman–Crippen LogP) is 3.94. The minimum atomic E-state index is 0.813. The summed E-state index contributed by atoms with van der Waals surface area (Å²) in [5, 5.41) is 6.70. The summed E-state index contributed by atoms with van der Waals surface area (Å²) < 4.78 is 0. The average Bonchev–Trinajstić information content (AvgIpc) is 2.43. The van der Waals surface area contributed by atoms with E-state index in [1.54, 1.807) is 0 Å². The molecule has 0 radical (unpaired) electrons. The molecule has 0 bridgehead atoms. The summed E-state index contributed by atoms with van der Waals surface area (Å²) >= 11 is 1.93. The Morgan fingerprint density at radius 3 is 2.30 bits per heavy atom. The molecular weight excluding hydrogens is 268 g/mol. The van der Waals surface area contributed by atoms with Crippen LogP contribution in [-0.4, -0.2) is 35.1 Å². The summed E-state index contributed by atoms with van der Waals surface area (Å²) in [6.45, 7) is 6.02. The Kier molecular flexibility index (Phi) is 9.20. The number of rotatable bonds is 11. The molecular formula is C15H28N4S. The van der Waals surface area contributed by atoms with Gasteiger partial charge in [0.1, 0.15) is 17.5 Å². The van der Waals surface area contributed by atoms with Gasteiger partial charge in [-0.2, -0.15) is 11.8 Å². The molecule has 0 saturated carbocycles. The van der Waals surface area contributed by atoms with Gasteiger partial charge in [-0.15, -0.1) is 0 Å². The predicted molar refractivity (Wildman–Crippen MR) is 90.9 cm³/mol. The van der Waals surface area contributed by atoms with Gasteiger partial charge in [-0.05, 0) is 38.2 Å². The van der Waals surface area contributed by atoms with Crippen LogP contribution in [0.3, 0.4) is 0 Å². The Bertz CT molecular complexity index is 371. The summed E-state index contributed by atoms with van der Waals surface area (Å²) in [6, 6.07) is 2.00. The number of anilines is 2. The molecule has 0 aromatic carbocycles. The van der Waals surface area contributed by atoms with Crippen molar-refractivity contribution in [1.29, 1.82) is 0 Å². The highest BCUT2D eigenvalue weighted by Crippen LogP contribution is 2.11. The van der Waals surface area contributed by atoms with Crippen LogP contribution in [0.2, 0.25) is 0 Å². The van der Waals surface area contributed by atoms with Crippen molar-refractivity contribution in [2.75, 3.05) is 35.7 Å². The molecule has 0 aliphatic carbocycles. The van der Waals surface area contributed by atoms with E-state index in [0.717, 1.165) is 37.0 Å². The van der Waals surface area contributed by atoms with E-state index >= 15 is 0 Å². The molecule has 1 rings (SSSR count). The van der Waals surface area contributed by atoms with Crippen molar-refractivity contribution < 1.29 is 0 Å². The number of hydrogen-bond donors (Lipinski definition) is 2. The number of nitrogens with one attached hydrogen (secondary N) is 2. The van der Waals surface area contributed by atoms with Gasteiger partial charge in [0.15, 0.2) is 0 Å². The number of aromatic nitrogens is 2. The molecule has 2 N–H and O–H groups in total. The summed E-state index contributed by atoms with van der Waals surface area (Å²) in [5.41, 5.74) is 0. The molecule has 1 aromatic rings. The number of hydrogen-bond acceptors (Lipinski definition) is 5. The lowest BCUT2D eigenvalue weighted by Crippen LogP contribution is -2.08. The van der Waals surface area contributed by atoms with Gasteiger partial charge in [-0.3, -0.25) is 0 Å². The van der Waals surface area contributed by atoms with Crippen molar-refractivity contribution >= 4 is 23.4 Å². The fourth-order valence-corrected chi connectivity index (χ4v) is 2.44. The van der Waals surface area contributed by atoms with Crippen LogP contribution in [-0.2, 0) is 0 Å². The van der Waals surface area contributed by atoms with Gasteiger partial charge in [0.2, 0.25) is 0 Å². The van der Waals surface area contributed by atoms with Crippen molar-refractivity contribution in [3.8, 4) is 0 Å². The Balaban J connectivity index is 2.26. The van der Waals surface area contributed by atoms with E-state index in [4.69, 9.17) is 0 Å². The van der Waals surface area contributed by atoms with Crippen molar-refractivity contribution in [1.82, 2.24) is 9.97 Å². The van der Waals surface area contributed by atoms with Gasteiger partial charge in [-0.1, -0.05) is 19.8 Å². The van der Waals surface area contributed by atoms with E-state index in [2.05, 4.69) is 33.8 Å². The van der Waals surface area contributed by atoms with Crippen molar-refractivity contribution in [2.24, 2.45) is 0 Å². The Labute approximate surface area is 127 Å². The number of unbranched alkanes of at least 4 members (excludes halogenated alkanes) is 3. The molecule has 1 aromatic heterocycles. The zero-order valence-corrected chi connectivity index (χ0v) is 13.9. The highest BCUT2D eigenvalue weighted by atomic mass is 32.2. The zero-order valence-electron chi connectivity index (χ0n) is 13.0. The molecule has 0 fully saturated rings. The van der Waals surface area contributed by atoms with Gasteiger partial charge in [-0.25, -0.2) is 9.97 Å². The minimum absolute atomic E-state index is 0.813. The standard InChI is InChI=1S/C15H28N4S/c1-4-9-16-14-12-15(19-13(2)18-14)17-10-7-5-6-8-11-20-3/h12H,4-11H2,1-3H3,(H2,16,17,18,19). The smallest absolute Gasteiger partial charge is 0.131 e. The van der Waals surface area contributed by atoms with Gasteiger partial charge in [0, 0.05) is 19.2 Å². The molecule has 4 nitrogen and oxygen atoms in total. The Morgan fingerprint density at radius 1 is 1.00 bits per heavy atom. The third-order valence-electron chi connectivity index (χ3n) is 2.98. The molecule has 1 heterocycles. The van der Waals surface area contributed by atoms with Crippen LogP contribution in [0.5, 0.6) is 0 Å². The lowest BCUT2D eigenvalue weighted by Gasteiger charge is -2.09. The molecule has 0 spiro atoms. The first-order valence-electron chi connectivity index (χ1n) is 7.58. The molecule has 0 aliphatic heterocycles. The maximum absolute atomic E-state index is 4.42. The fraction of sp³-hybridized carbons (Fsp3) is 0.733.